The van der Waals surface area contributed by atoms with Crippen molar-refractivity contribution in [3.05, 3.63) is 80.7 Å². The Balaban J connectivity index is 1.62. The van der Waals surface area contributed by atoms with Gasteiger partial charge in [-0.1, -0.05) is 41.9 Å². The number of nitrogens with zero attached hydrogens (tertiary/aromatic N) is 1. The van der Waals surface area contributed by atoms with Gasteiger partial charge in [-0.3, -0.25) is 9.69 Å². The second kappa shape index (κ2) is 10.4. The number of amides is 1. The van der Waals surface area contributed by atoms with E-state index < -0.39 is 5.97 Å². The highest BCUT2D eigenvalue weighted by atomic mass is 35.5. The summed E-state index contributed by atoms with van der Waals surface area (Å²) in [5.74, 6) is -0.399. The van der Waals surface area contributed by atoms with Gasteiger partial charge in [-0.15, -0.1) is 11.3 Å². The summed E-state index contributed by atoms with van der Waals surface area (Å²) in [7, 11) is 1.50. The highest BCUT2D eigenvalue weighted by molar-refractivity contribution is 7.17. The summed E-state index contributed by atoms with van der Waals surface area (Å²) in [6.45, 7) is 4.39. The third-order valence-electron chi connectivity index (χ3n) is 5.50. The van der Waals surface area contributed by atoms with Crippen molar-refractivity contribution in [2.75, 3.05) is 25.6 Å². The smallest absolute Gasteiger partial charge is 0.341 e. The van der Waals surface area contributed by atoms with Crippen LogP contribution in [0.4, 0.5) is 5.00 Å². The van der Waals surface area contributed by atoms with E-state index in [1.54, 1.807) is 25.1 Å². The molecule has 4 rings (SSSR count). The Morgan fingerprint density at radius 1 is 1.18 bits per heavy atom. The Hall–Kier alpha value is -2.87. The number of halogens is 1. The van der Waals surface area contributed by atoms with Crippen molar-refractivity contribution in [3.63, 3.8) is 0 Å². The maximum Gasteiger partial charge on any atom is 0.341 e. The number of ether oxygens (including phenoxy) is 2. The number of hydrogen-bond acceptors (Lipinski definition) is 6. The first-order valence-corrected chi connectivity index (χ1v) is 11.9. The Morgan fingerprint density at radius 3 is 2.70 bits per heavy atom. The van der Waals surface area contributed by atoms with E-state index in [9.17, 15) is 9.59 Å². The number of carbonyl (C=O) groups excluding carboxylic acids is 2. The number of fused-ring (bicyclic) bond motifs is 1. The van der Waals surface area contributed by atoms with Crippen molar-refractivity contribution in [1.82, 2.24) is 4.90 Å². The molecule has 1 aliphatic heterocycles. The molecule has 6 nitrogen and oxygen atoms in total. The van der Waals surface area contributed by atoms with Gasteiger partial charge in [0.05, 0.1) is 24.8 Å². The monoisotopic (exact) mass is 484 g/mol. The fourth-order valence-corrected chi connectivity index (χ4v) is 5.41. The van der Waals surface area contributed by atoms with Gasteiger partial charge in [-0.2, -0.15) is 0 Å². The molecule has 172 valence electrons. The van der Waals surface area contributed by atoms with E-state index in [4.69, 9.17) is 21.1 Å². The molecule has 0 saturated carbocycles. The number of esters is 1. The van der Waals surface area contributed by atoms with Crippen LogP contribution in [0, 0.1) is 0 Å². The summed E-state index contributed by atoms with van der Waals surface area (Å²) >= 11 is 7.52. The first kappa shape index (κ1) is 23.3. The van der Waals surface area contributed by atoms with Gasteiger partial charge < -0.3 is 14.8 Å². The molecule has 0 spiro atoms. The summed E-state index contributed by atoms with van der Waals surface area (Å²) in [6.07, 6.45) is 0.711. The van der Waals surface area contributed by atoms with Crippen LogP contribution in [0.5, 0.6) is 5.75 Å². The highest BCUT2D eigenvalue weighted by Gasteiger charge is 2.30. The predicted octanol–water partition coefficient (Wildman–Crippen LogP) is 5.40. The molecular formula is C25H25ClN2O4S. The van der Waals surface area contributed by atoms with E-state index in [1.165, 1.54) is 24.0 Å². The molecular weight excluding hydrogens is 460 g/mol. The standard InChI is InChI=1S/C25H25ClN2O4S/c1-3-32-25(30)22-18-11-12-28(14-16-7-5-4-6-8-16)15-21(18)33-24(22)27-23(29)19-13-17(26)9-10-20(19)31-2/h4-10,13H,3,11-12,14-15H2,1-2H3,(H,27,29). The molecule has 3 aromatic rings. The number of thiophene rings is 1. The van der Waals surface area contributed by atoms with Crippen LogP contribution in [0.1, 0.15) is 43.6 Å². The average Bonchev–Trinajstić information content (AvgIpc) is 3.16. The van der Waals surface area contributed by atoms with Crippen molar-refractivity contribution in [3.8, 4) is 5.75 Å². The van der Waals surface area contributed by atoms with Crippen LogP contribution >= 0.6 is 22.9 Å². The maximum atomic E-state index is 13.1. The minimum absolute atomic E-state index is 0.263. The van der Waals surface area contributed by atoms with E-state index in [0.29, 0.717) is 39.9 Å². The molecule has 1 aromatic heterocycles. The number of methoxy groups -OCH3 is 1. The highest BCUT2D eigenvalue weighted by Crippen LogP contribution is 2.38. The van der Waals surface area contributed by atoms with E-state index in [1.807, 2.05) is 18.2 Å². The summed E-state index contributed by atoms with van der Waals surface area (Å²) in [5.41, 5.74) is 2.95. The second-order valence-electron chi connectivity index (χ2n) is 7.67. The molecule has 8 heteroatoms. The number of anilines is 1. The lowest BCUT2D eigenvalue weighted by Crippen LogP contribution is -2.29. The summed E-state index contributed by atoms with van der Waals surface area (Å²) in [4.78, 5) is 29.3. The molecule has 0 atom stereocenters. The molecule has 0 radical (unpaired) electrons. The molecule has 2 heterocycles. The molecule has 1 aliphatic rings. The van der Waals surface area contributed by atoms with Crippen LogP contribution in [0.2, 0.25) is 5.02 Å². The molecule has 0 fully saturated rings. The third kappa shape index (κ3) is 5.21. The molecule has 0 saturated heterocycles. The number of rotatable bonds is 7. The normalized spacial score (nSPS) is 13.3. The van der Waals surface area contributed by atoms with Gasteiger partial charge in [0.15, 0.2) is 0 Å². The summed E-state index contributed by atoms with van der Waals surface area (Å²) in [6, 6.07) is 15.1. The first-order chi connectivity index (χ1) is 16.0. The molecule has 0 aliphatic carbocycles. The van der Waals surface area contributed by atoms with Gasteiger partial charge in [-0.05, 0) is 42.7 Å². The minimum Gasteiger partial charge on any atom is -0.496 e. The largest absolute Gasteiger partial charge is 0.496 e. The van der Waals surface area contributed by atoms with Crippen LogP contribution in [-0.4, -0.2) is 37.0 Å². The maximum absolute atomic E-state index is 13.1. The summed E-state index contributed by atoms with van der Waals surface area (Å²) < 4.78 is 10.6. The Labute approximate surface area is 202 Å². The van der Waals surface area contributed by atoms with Crippen molar-refractivity contribution in [1.29, 1.82) is 0 Å². The Kier molecular flexibility index (Phi) is 7.33. The van der Waals surface area contributed by atoms with E-state index >= 15 is 0 Å². The lowest BCUT2D eigenvalue weighted by Gasteiger charge is -2.27. The lowest BCUT2D eigenvalue weighted by molar-refractivity contribution is 0.0526. The SMILES string of the molecule is CCOC(=O)c1c(NC(=O)c2cc(Cl)ccc2OC)sc2c1CCN(Cc1ccccc1)C2. The molecule has 33 heavy (non-hydrogen) atoms. The molecule has 2 aromatic carbocycles. The van der Waals surface area contributed by atoms with Crippen molar-refractivity contribution >= 4 is 39.8 Å². The van der Waals surface area contributed by atoms with Gasteiger partial charge in [-0.25, -0.2) is 4.79 Å². The van der Waals surface area contributed by atoms with Crippen LogP contribution in [-0.2, 0) is 24.2 Å². The lowest BCUT2D eigenvalue weighted by atomic mass is 10.0. The molecule has 0 bridgehead atoms. The van der Waals surface area contributed by atoms with Gasteiger partial charge in [0.25, 0.3) is 5.91 Å². The summed E-state index contributed by atoms with van der Waals surface area (Å²) in [5, 5.41) is 3.83. The number of carbonyl (C=O) groups is 2. The van der Waals surface area contributed by atoms with Crippen molar-refractivity contribution < 1.29 is 19.1 Å². The van der Waals surface area contributed by atoms with Gasteiger partial charge in [0.1, 0.15) is 10.8 Å². The predicted molar refractivity (Wildman–Crippen MR) is 130 cm³/mol. The topological polar surface area (TPSA) is 67.9 Å². The molecule has 1 N–H and O–H groups in total. The average molecular weight is 485 g/mol. The number of benzene rings is 2. The number of nitrogens with one attached hydrogen (secondary N) is 1. The van der Waals surface area contributed by atoms with E-state index in [2.05, 4.69) is 22.3 Å². The third-order valence-corrected chi connectivity index (χ3v) is 6.87. The zero-order chi connectivity index (χ0) is 23.4. The van der Waals surface area contributed by atoms with E-state index in [0.717, 1.165) is 23.5 Å². The van der Waals surface area contributed by atoms with Crippen molar-refractivity contribution in [2.24, 2.45) is 0 Å². The quantitative estimate of drug-likeness (QED) is 0.455. The van der Waals surface area contributed by atoms with Crippen LogP contribution in [0.15, 0.2) is 48.5 Å². The van der Waals surface area contributed by atoms with Crippen molar-refractivity contribution in [2.45, 2.75) is 26.4 Å². The Bertz CT molecular complexity index is 1160. The fraction of sp³-hybridized carbons (Fsp3) is 0.280. The Morgan fingerprint density at radius 2 is 1.97 bits per heavy atom. The fourth-order valence-electron chi connectivity index (χ4n) is 3.97. The molecule has 1 amide bonds. The molecule has 0 unspecified atom stereocenters. The van der Waals surface area contributed by atoms with Gasteiger partial charge >= 0.3 is 5.97 Å². The van der Waals surface area contributed by atoms with Crippen LogP contribution in [0.3, 0.4) is 0 Å². The number of hydrogen-bond donors (Lipinski definition) is 1. The van der Waals surface area contributed by atoms with Crippen LogP contribution < -0.4 is 10.1 Å². The second-order valence-corrected chi connectivity index (χ2v) is 9.21. The van der Waals surface area contributed by atoms with Gasteiger partial charge in [0.2, 0.25) is 0 Å². The van der Waals surface area contributed by atoms with Crippen LogP contribution in [0.25, 0.3) is 0 Å². The zero-order valence-corrected chi connectivity index (χ0v) is 20.1. The zero-order valence-electron chi connectivity index (χ0n) is 18.5. The van der Waals surface area contributed by atoms with E-state index in [-0.39, 0.29) is 12.5 Å². The minimum atomic E-state index is -0.417. The van der Waals surface area contributed by atoms with Gasteiger partial charge in [0, 0.05) is 29.5 Å². The first-order valence-electron chi connectivity index (χ1n) is 10.7.